The number of halogens is 1. The minimum absolute atomic E-state index is 0.145. The minimum Gasteiger partial charge on any atom is -0.462 e. The van der Waals surface area contributed by atoms with Crippen LogP contribution < -0.4 is 5.32 Å². The van der Waals surface area contributed by atoms with E-state index >= 15 is 0 Å². The van der Waals surface area contributed by atoms with E-state index in [2.05, 4.69) is 5.32 Å². The molecule has 1 aliphatic rings. The van der Waals surface area contributed by atoms with E-state index in [-0.39, 0.29) is 17.7 Å². The summed E-state index contributed by atoms with van der Waals surface area (Å²) in [6.07, 6.45) is 0. The Kier molecular flexibility index (Phi) is 6.03. The number of esters is 1. The third-order valence-electron chi connectivity index (χ3n) is 3.88. The van der Waals surface area contributed by atoms with E-state index in [9.17, 15) is 14.4 Å². The first-order valence-corrected chi connectivity index (χ1v) is 9.54. The Morgan fingerprint density at radius 1 is 1.15 bits per heavy atom. The van der Waals surface area contributed by atoms with Crippen LogP contribution in [-0.4, -0.2) is 34.0 Å². The number of hydrogen-bond donors (Lipinski definition) is 1. The Morgan fingerprint density at radius 2 is 1.81 bits per heavy atom. The minimum atomic E-state index is -0.683. The molecular weight excluding hydrogens is 388 g/mol. The van der Waals surface area contributed by atoms with Crippen LogP contribution in [0.1, 0.15) is 22.8 Å². The number of ether oxygens (including phenoxy) is 1. The second kappa shape index (κ2) is 8.45. The lowest BCUT2D eigenvalue weighted by molar-refractivity contribution is -0.126. The Morgan fingerprint density at radius 3 is 2.44 bits per heavy atom. The Labute approximate surface area is 165 Å². The van der Waals surface area contributed by atoms with Crippen molar-refractivity contribution in [1.82, 2.24) is 4.90 Å². The van der Waals surface area contributed by atoms with E-state index in [1.807, 2.05) is 0 Å². The molecule has 1 unspecified atom stereocenters. The summed E-state index contributed by atoms with van der Waals surface area (Å²) in [5, 5.41) is 2.62. The van der Waals surface area contributed by atoms with Crippen molar-refractivity contribution in [1.29, 1.82) is 0 Å². The molecule has 0 radical (unpaired) electrons. The summed E-state index contributed by atoms with van der Waals surface area (Å²) in [5.41, 5.74) is 1.88. The molecule has 2 aromatic rings. The maximum atomic E-state index is 12.6. The summed E-state index contributed by atoms with van der Waals surface area (Å²) >= 11 is 6.78. The zero-order valence-electron chi connectivity index (χ0n) is 14.5. The van der Waals surface area contributed by atoms with Crippen molar-refractivity contribution in [3.63, 3.8) is 0 Å². The number of rotatable bonds is 6. The highest BCUT2D eigenvalue weighted by Crippen LogP contribution is 2.30. The van der Waals surface area contributed by atoms with Crippen LogP contribution in [-0.2, 0) is 16.1 Å². The average Bonchev–Trinajstić information content (AvgIpc) is 2.92. The van der Waals surface area contributed by atoms with Crippen molar-refractivity contribution in [3.05, 3.63) is 64.7 Å². The Bertz CT molecular complexity index is 855. The highest BCUT2D eigenvalue weighted by atomic mass is 35.5. The van der Waals surface area contributed by atoms with Gasteiger partial charge in [-0.25, -0.2) is 4.79 Å². The predicted octanol–water partition coefficient (Wildman–Crippen LogP) is 4.15. The maximum absolute atomic E-state index is 12.6. The molecule has 140 valence electrons. The molecule has 6 nitrogen and oxygen atoms in total. The largest absolute Gasteiger partial charge is 0.462 e. The molecule has 1 atom stereocenters. The van der Waals surface area contributed by atoms with E-state index in [4.69, 9.17) is 16.3 Å². The van der Waals surface area contributed by atoms with Crippen LogP contribution in [0.5, 0.6) is 0 Å². The van der Waals surface area contributed by atoms with Crippen molar-refractivity contribution >= 4 is 46.2 Å². The van der Waals surface area contributed by atoms with Crippen LogP contribution in [0.15, 0.2) is 48.5 Å². The van der Waals surface area contributed by atoms with Gasteiger partial charge in [0.25, 0.3) is 11.1 Å². The van der Waals surface area contributed by atoms with Gasteiger partial charge in [0.15, 0.2) is 5.37 Å². The lowest BCUT2D eigenvalue weighted by atomic mass is 10.1. The molecule has 1 fully saturated rings. The molecule has 0 aromatic heterocycles. The lowest BCUT2D eigenvalue weighted by Crippen LogP contribution is -2.33. The normalized spacial score (nSPS) is 16.5. The van der Waals surface area contributed by atoms with Gasteiger partial charge >= 0.3 is 5.97 Å². The number of benzene rings is 2. The SMILES string of the molecule is CCOC(=O)c1ccc(CN2C(=O)SC(Nc3ccc(Cl)cc3)C2=O)cc1. The zero-order chi connectivity index (χ0) is 19.4. The van der Waals surface area contributed by atoms with Crippen LogP contribution in [0.4, 0.5) is 10.5 Å². The van der Waals surface area contributed by atoms with Gasteiger partial charge in [0.2, 0.25) is 0 Å². The van der Waals surface area contributed by atoms with Gasteiger partial charge in [0.05, 0.1) is 18.7 Å². The molecular formula is C19H17ClN2O4S. The molecule has 2 amide bonds. The summed E-state index contributed by atoms with van der Waals surface area (Å²) in [5.74, 6) is -0.713. The first-order valence-electron chi connectivity index (χ1n) is 8.28. The van der Waals surface area contributed by atoms with Gasteiger partial charge in [-0.1, -0.05) is 23.7 Å². The number of thioether (sulfide) groups is 1. The predicted molar refractivity (Wildman–Crippen MR) is 105 cm³/mol. The summed E-state index contributed by atoms with van der Waals surface area (Å²) in [7, 11) is 0. The number of anilines is 1. The van der Waals surface area contributed by atoms with Crippen molar-refractivity contribution in [2.45, 2.75) is 18.8 Å². The van der Waals surface area contributed by atoms with E-state index in [1.165, 1.54) is 4.90 Å². The summed E-state index contributed by atoms with van der Waals surface area (Å²) in [6, 6.07) is 13.6. The van der Waals surface area contributed by atoms with Crippen molar-refractivity contribution in [3.8, 4) is 0 Å². The Balaban J connectivity index is 1.65. The highest BCUT2D eigenvalue weighted by molar-refractivity contribution is 8.15. The summed E-state index contributed by atoms with van der Waals surface area (Å²) < 4.78 is 4.94. The smallest absolute Gasteiger partial charge is 0.338 e. The fourth-order valence-corrected chi connectivity index (χ4v) is 3.55. The molecule has 2 aromatic carbocycles. The molecule has 1 N–H and O–H groups in total. The molecule has 0 bridgehead atoms. The third-order valence-corrected chi connectivity index (χ3v) is 5.11. The zero-order valence-corrected chi connectivity index (χ0v) is 16.0. The number of amides is 2. The highest BCUT2D eigenvalue weighted by Gasteiger charge is 2.39. The third kappa shape index (κ3) is 4.61. The van der Waals surface area contributed by atoms with Crippen LogP contribution in [0.2, 0.25) is 5.02 Å². The number of nitrogens with zero attached hydrogens (tertiary/aromatic N) is 1. The molecule has 0 saturated carbocycles. The number of carbonyl (C=O) groups is 3. The molecule has 1 heterocycles. The first-order chi connectivity index (χ1) is 13.0. The quantitative estimate of drug-likeness (QED) is 0.729. The topological polar surface area (TPSA) is 75.7 Å². The second-order valence-electron chi connectivity index (χ2n) is 5.76. The van der Waals surface area contributed by atoms with Gasteiger partial charge in [-0.15, -0.1) is 0 Å². The summed E-state index contributed by atoms with van der Waals surface area (Å²) in [6.45, 7) is 2.19. The van der Waals surface area contributed by atoms with Gasteiger partial charge < -0.3 is 10.1 Å². The van der Waals surface area contributed by atoms with Gasteiger partial charge in [-0.2, -0.15) is 0 Å². The van der Waals surface area contributed by atoms with E-state index in [0.29, 0.717) is 22.9 Å². The molecule has 1 aliphatic heterocycles. The van der Waals surface area contributed by atoms with Crippen molar-refractivity contribution < 1.29 is 19.1 Å². The first kappa shape index (κ1) is 19.3. The van der Waals surface area contributed by atoms with E-state index in [0.717, 1.165) is 17.3 Å². The van der Waals surface area contributed by atoms with E-state index < -0.39 is 11.3 Å². The second-order valence-corrected chi connectivity index (χ2v) is 7.25. The van der Waals surface area contributed by atoms with Crippen LogP contribution in [0, 0.1) is 0 Å². The number of imide groups is 1. The number of hydrogen-bond acceptors (Lipinski definition) is 6. The van der Waals surface area contributed by atoms with Gasteiger partial charge in [-0.3, -0.25) is 14.5 Å². The summed E-state index contributed by atoms with van der Waals surface area (Å²) in [4.78, 5) is 37.7. The van der Waals surface area contributed by atoms with Gasteiger partial charge in [0, 0.05) is 10.7 Å². The maximum Gasteiger partial charge on any atom is 0.338 e. The molecule has 3 rings (SSSR count). The molecule has 0 spiro atoms. The Hall–Kier alpha value is -2.51. The molecule has 8 heteroatoms. The fraction of sp³-hybridized carbons (Fsp3) is 0.211. The lowest BCUT2D eigenvalue weighted by Gasteiger charge is -2.15. The molecule has 1 saturated heterocycles. The van der Waals surface area contributed by atoms with Crippen LogP contribution in [0.3, 0.4) is 0 Å². The van der Waals surface area contributed by atoms with Gasteiger partial charge in [0.1, 0.15) is 0 Å². The molecule has 27 heavy (non-hydrogen) atoms. The van der Waals surface area contributed by atoms with Crippen LogP contribution >= 0.6 is 23.4 Å². The van der Waals surface area contributed by atoms with Crippen LogP contribution in [0.25, 0.3) is 0 Å². The van der Waals surface area contributed by atoms with Crippen molar-refractivity contribution in [2.24, 2.45) is 0 Å². The standard InChI is InChI=1S/C19H17ClN2O4S/c1-2-26-18(24)13-5-3-12(4-6-13)11-22-17(23)16(27-19(22)25)21-15-9-7-14(20)8-10-15/h3-10,16,21H,2,11H2,1H3. The van der Waals surface area contributed by atoms with E-state index in [1.54, 1.807) is 55.5 Å². The monoisotopic (exact) mass is 404 g/mol. The molecule has 0 aliphatic carbocycles. The van der Waals surface area contributed by atoms with Crippen molar-refractivity contribution in [2.75, 3.05) is 11.9 Å². The number of carbonyl (C=O) groups excluding carboxylic acids is 3. The van der Waals surface area contributed by atoms with Gasteiger partial charge in [-0.05, 0) is 60.6 Å². The average molecular weight is 405 g/mol. The fourth-order valence-electron chi connectivity index (χ4n) is 2.52. The number of nitrogens with one attached hydrogen (secondary N) is 1.